The number of rotatable bonds is 4. The molecule has 0 bridgehead atoms. The van der Waals surface area contributed by atoms with Crippen molar-refractivity contribution in [3.05, 3.63) is 29.6 Å². The molecule has 0 aliphatic carbocycles. The molecule has 0 aromatic heterocycles. The first-order valence-corrected chi connectivity index (χ1v) is 5.81. The fourth-order valence-electron chi connectivity index (χ4n) is 1.13. The van der Waals surface area contributed by atoms with Crippen LogP contribution >= 0.6 is 11.8 Å². The molecule has 1 aromatic rings. The topological polar surface area (TPSA) is 26.0 Å². The van der Waals surface area contributed by atoms with Crippen molar-refractivity contribution in [2.45, 2.75) is 31.2 Å². The molecular weight excluding hydrogens is 197 g/mol. The molecule has 1 atom stereocenters. The van der Waals surface area contributed by atoms with Gasteiger partial charge in [-0.1, -0.05) is 13.0 Å². The van der Waals surface area contributed by atoms with Crippen LogP contribution in [0.15, 0.2) is 23.1 Å². The third-order valence-electron chi connectivity index (χ3n) is 1.94. The Balaban J connectivity index is 2.79. The molecule has 0 heterocycles. The molecule has 0 aliphatic heterocycles. The van der Waals surface area contributed by atoms with Crippen LogP contribution < -0.4 is 5.73 Å². The summed E-state index contributed by atoms with van der Waals surface area (Å²) < 4.78 is 13.5. The molecule has 0 saturated heterocycles. The lowest BCUT2D eigenvalue weighted by molar-refractivity contribution is 0.596. The predicted octanol–water partition coefficient (Wildman–Crippen LogP) is 3.35. The Labute approximate surface area is 88.9 Å². The van der Waals surface area contributed by atoms with Crippen molar-refractivity contribution < 1.29 is 4.39 Å². The van der Waals surface area contributed by atoms with E-state index in [0.29, 0.717) is 0 Å². The zero-order valence-corrected chi connectivity index (χ0v) is 9.40. The molecule has 78 valence electrons. The zero-order valence-electron chi connectivity index (χ0n) is 8.59. The highest BCUT2D eigenvalue weighted by molar-refractivity contribution is 7.99. The monoisotopic (exact) mass is 213 g/mol. The summed E-state index contributed by atoms with van der Waals surface area (Å²) in [5.74, 6) is 0.798. The normalized spacial score (nSPS) is 12.9. The van der Waals surface area contributed by atoms with E-state index in [9.17, 15) is 4.39 Å². The molecule has 0 radical (unpaired) electrons. The summed E-state index contributed by atoms with van der Waals surface area (Å²) in [5.41, 5.74) is 6.51. The molecule has 1 nitrogen and oxygen atoms in total. The second kappa shape index (κ2) is 5.37. The van der Waals surface area contributed by atoms with Crippen molar-refractivity contribution in [2.75, 3.05) is 5.75 Å². The lowest BCUT2D eigenvalue weighted by Gasteiger charge is -2.07. The summed E-state index contributed by atoms with van der Waals surface area (Å²) in [6, 6.07) is 5.14. The minimum atomic E-state index is -0.154. The Morgan fingerprint density at radius 1 is 1.50 bits per heavy atom. The maximum Gasteiger partial charge on any atom is 0.137 e. The average molecular weight is 213 g/mol. The van der Waals surface area contributed by atoms with Gasteiger partial charge in [-0.05, 0) is 36.8 Å². The Morgan fingerprint density at radius 2 is 2.21 bits per heavy atom. The van der Waals surface area contributed by atoms with E-state index in [0.717, 1.165) is 22.6 Å². The molecule has 0 fully saturated rings. The van der Waals surface area contributed by atoms with Gasteiger partial charge in [-0.2, -0.15) is 0 Å². The van der Waals surface area contributed by atoms with E-state index in [4.69, 9.17) is 5.73 Å². The zero-order chi connectivity index (χ0) is 10.6. The molecule has 0 amide bonds. The van der Waals surface area contributed by atoms with Crippen molar-refractivity contribution in [3.63, 3.8) is 0 Å². The molecular formula is C11H16FNS. The first-order chi connectivity index (χ1) is 6.65. The number of hydrogen-bond donors (Lipinski definition) is 1. The highest BCUT2D eigenvalue weighted by Crippen LogP contribution is 2.24. The van der Waals surface area contributed by atoms with Crippen molar-refractivity contribution in [2.24, 2.45) is 5.73 Å². The quantitative estimate of drug-likeness (QED) is 0.776. The second-order valence-corrected chi connectivity index (χ2v) is 4.46. The first kappa shape index (κ1) is 11.5. The Bertz CT molecular complexity index is 299. The summed E-state index contributed by atoms with van der Waals surface area (Å²) in [5, 5.41) is 0. The third-order valence-corrected chi connectivity index (χ3v) is 3.20. The highest BCUT2D eigenvalue weighted by atomic mass is 32.2. The summed E-state index contributed by atoms with van der Waals surface area (Å²) in [6.45, 7) is 3.94. The number of thioether (sulfide) groups is 1. The Hall–Kier alpha value is -0.540. The second-order valence-electron chi connectivity index (χ2n) is 3.33. The first-order valence-electron chi connectivity index (χ1n) is 4.83. The van der Waals surface area contributed by atoms with E-state index >= 15 is 0 Å². The lowest BCUT2D eigenvalue weighted by atomic mass is 10.1. The van der Waals surface area contributed by atoms with E-state index in [1.54, 1.807) is 11.8 Å². The van der Waals surface area contributed by atoms with Gasteiger partial charge in [-0.3, -0.25) is 0 Å². The van der Waals surface area contributed by atoms with Gasteiger partial charge in [0.05, 0.1) is 0 Å². The summed E-state index contributed by atoms with van der Waals surface area (Å²) in [7, 11) is 0. The summed E-state index contributed by atoms with van der Waals surface area (Å²) in [6.07, 6.45) is 1.05. The fourth-order valence-corrected chi connectivity index (χ4v) is 1.91. The van der Waals surface area contributed by atoms with Crippen LogP contribution in [0.4, 0.5) is 4.39 Å². The van der Waals surface area contributed by atoms with Crippen molar-refractivity contribution in [1.29, 1.82) is 0 Å². The number of nitrogens with two attached hydrogens (primary N) is 1. The molecule has 2 N–H and O–H groups in total. The van der Waals surface area contributed by atoms with Crippen LogP contribution in [0.2, 0.25) is 0 Å². The van der Waals surface area contributed by atoms with Crippen LogP contribution in [-0.2, 0) is 0 Å². The minimum absolute atomic E-state index is 0.102. The van der Waals surface area contributed by atoms with Crippen LogP contribution in [0.1, 0.15) is 31.9 Å². The van der Waals surface area contributed by atoms with E-state index in [1.807, 2.05) is 19.1 Å². The number of hydrogen-bond acceptors (Lipinski definition) is 2. The van der Waals surface area contributed by atoms with Gasteiger partial charge in [0.25, 0.3) is 0 Å². The molecule has 0 saturated carbocycles. The van der Waals surface area contributed by atoms with Crippen LogP contribution in [0, 0.1) is 5.82 Å². The number of benzene rings is 1. The van der Waals surface area contributed by atoms with E-state index < -0.39 is 0 Å². The van der Waals surface area contributed by atoms with Gasteiger partial charge in [0.15, 0.2) is 0 Å². The largest absolute Gasteiger partial charge is 0.324 e. The fraction of sp³-hybridized carbons (Fsp3) is 0.455. The van der Waals surface area contributed by atoms with Gasteiger partial charge >= 0.3 is 0 Å². The Kier molecular flexibility index (Phi) is 4.42. The number of halogens is 1. The molecule has 0 aliphatic rings. The van der Waals surface area contributed by atoms with Gasteiger partial charge in [-0.15, -0.1) is 11.8 Å². The van der Waals surface area contributed by atoms with Crippen LogP contribution in [-0.4, -0.2) is 5.75 Å². The average Bonchev–Trinajstić information content (AvgIpc) is 2.15. The van der Waals surface area contributed by atoms with Crippen molar-refractivity contribution in [3.8, 4) is 0 Å². The van der Waals surface area contributed by atoms with Crippen molar-refractivity contribution in [1.82, 2.24) is 0 Å². The lowest BCUT2D eigenvalue weighted by Crippen LogP contribution is -2.05. The van der Waals surface area contributed by atoms with Gasteiger partial charge in [0.1, 0.15) is 5.82 Å². The summed E-state index contributed by atoms with van der Waals surface area (Å²) >= 11 is 1.55. The maximum atomic E-state index is 13.5. The van der Waals surface area contributed by atoms with Crippen LogP contribution in [0.3, 0.4) is 0 Å². The van der Waals surface area contributed by atoms with Gasteiger partial charge in [-0.25, -0.2) is 4.39 Å². The van der Waals surface area contributed by atoms with Gasteiger partial charge < -0.3 is 5.73 Å². The van der Waals surface area contributed by atoms with Crippen molar-refractivity contribution >= 4 is 11.8 Å². The van der Waals surface area contributed by atoms with Gasteiger partial charge in [0.2, 0.25) is 0 Å². The van der Waals surface area contributed by atoms with E-state index in [1.165, 1.54) is 6.07 Å². The standard InChI is InChI=1S/C11H16FNS/c1-3-6-14-11-5-4-9(8(2)13)7-10(11)12/h4-5,7-8H,3,6,13H2,1-2H3/t8-/m0/s1. The molecule has 1 aromatic carbocycles. The SMILES string of the molecule is CCCSc1ccc([C@H](C)N)cc1F. The molecule has 3 heteroatoms. The summed E-state index contributed by atoms with van der Waals surface area (Å²) in [4.78, 5) is 0.719. The van der Waals surface area contributed by atoms with E-state index in [-0.39, 0.29) is 11.9 Å². The molecule has 0 spiro atoms. The third kappa shape index (κ3) is 3.00. The van der Waals surface area contributed by atoms with Gasteiger partial charge in [0, 0.05) is 10.9 Å². The molecule has 14 heavy (non-hydrogen) atoms. The smallest absolute Gasteiger partial charge is 0.137 e. The predicted molar refractivity (Wildman–Crippen MR) is 60.0 cm³/mol. The molecule has 1 rings (SSSR count). The Morgan fingerprint density at radius 3 is 2.71 bits per heavy atom. The van der Waals surface area contributed by atoms with Crippen LogP contribution in [0.5, 0.6) is 0 Å². The minimum Gasteiger partial charge on any atom is -0.324 e. The highest BCUT2D eigenvalue weighted by Gasteiger charge is 2.05. The molecule has 0 unspecified atom stereocenters. The van der Waals surface area contributed by atoms with Crippen LogP contribution in [0.25, 0.3) is 0 Å². The van der Waals surface area contributed by atoms with E-state index in [2.05, 4.69) is 6.92 Å². The maximum absolute atomic E-state index is 13.5.